The van der Waals surface area contributed by atoms with Gasteiger partial charge in [0.1, 0.15) is 6.04 Å². The summed E-state index contributed by atoms with van der Waals surface area (Å²) in [7, 11) is 0. The number of thiophene rings is 1. The summed E-state index contributed by atoms with van der Waals surface area (Å²) in [5.74, 6) is -3.20. The number of amides is 1. The molecule has 1 rings (SSSR count). The highest BCUT2D eigenvalue weighted by atomic mass is 32.1. The molecule has 3 N–H and O–H groups in total. The summed E-state index contributed by atoms with van der Waals surface area (Å²) in [5, 5.41) is 21.4. The lowest BCUT2D eigenvalue weighted by Gasteiger charge is -2.13. The van der Waals surface area contributed by atoms with Crippen molar-refractivity contribution in [1.82, 2.24) is 5.32 Å². The fourth-order valence-corrected chi connectivity index (χ4v) is 2.27. The normalized spacial score (nSPS) is 11.6. The summed E-state index contributed by atoms with van der Waals surface area (Å²) >= 11 is 1.27. The molecule has 0 fully saturated rings. The van der Waals surface area contributed by atoms with E-state index in [1.165, 1.54) is 11.3 Å². The van der Waals surface area contributed by atoms with Gasteiger partial charge >= 0.3 is 11.9 Å². The Morgan fingerprint density at radius 2 is 1.86 bits per heavy atom. The number of Topliss-reactive ketones (excluding diaryl/α,β-unsaturated/α-hetero) is 1. The fourth-order valence-electron chi connectivity index (χ4n) is 1.58. The largest absolute Gasteiger partial charge is 0.481 e. The zero-order valence-electron chi connectivity index (χ0n) is 11.1. The van der Waals surface area contributed by atoms with E-state index in [0.29, 0.717) is 4.88 Å². The Morgan fingerprint density at radius 3 is 2.38 bits per heavy atom. The molecule has 21 heavy (non-hydrogen) atoms. The van der Waals surface area contributed by atoms with Gasteiger partial charge < -0.3 is 15.5 Å². The number of nitrogens with one attached hydrogen (secondary N) is 1. The smallest absolute Gasteiger partial charge is 0.326 e. The quantitative estimate of drug-likeness (QED) is 0.588. The first-order chi connectivity index (χ1) is 9.90. The highest BCUT2D eigenvalue weighted by Crippen LogP contribution is 2.12. The van der Waals surface area contributed by atoms with Gasteiger partial charge in [0, 0.05) is 19.3 Å². The number of carboxylic acids is 2. The average Bonchev–Trinajstić information content (AvgIpc) is 2.94. The summed E-state index contributed by atoms with van der Waals surface area (Å²) in [6.45, 7) is 0. The predicted octanol–water partition coefficient (Wildman–Crippen LogP) is 1.15. The lowest BCUT2D eigenvalue weighted by Crippen LogP contribution is -2.41. The Labute approximate surface area is 124 Å². The second-order valence-corrected chi connectivity index (χ2v) is 5.24. The lowest BCUT2D eigenvalue weighted by molar-refractivity contribution is -0.143. The van der Waals surface area contributed by atoms with E-state index in [1.807, 2.05) is 0 Å². The topological polar surface area (TPSA) is 121 Å². The van der Waals surface area contributed by atoms with E-state index >= 15 is 0 Å². The maximum atomic E-state index is 11.7. The van der Waals surface area contributed by atoms with Gasteiger partial charge in [0.2, 0.25) is 5.91 Å². The van der Waals surface area contributed by atoms with Crippen molar-refractivity contribution in [2.24, 2.45) is 0 Å². The van der Waals surface area contributed by atoms with Gasteiger partial charge in [-0.2, -0.15) is 0 Å². The number of carboxylic acid groups (broad SMARTS) is 2. The fraction of sp³-hybridized carbons (Fsp3) is 0.385. The molecule has 0 saturated heterocycles. The molecule has 0 aliphatic heterocycles. The molecule has 0 aromatic carbocycles. The Kier molecular flexibility index (Phi) is 6.54. The van der Waals surface area contributed by atoms with Crippen LogP contribution in [0.2, 0.25) is 0 Å². The van der Waals surface area contributed by atoms with E-state index < -0.39 is 23.9 Å². The number of hydrogen-bond acceptors (Lipinski definition) is 5. The second-order valence-electron chi connectivity index (χ2n) is 4.29. The highest BCUT2D eigenvalue weighted by molar-refractivity contribution is 7.12. The Hall–Kier alpha value is -2.22. The summed E-state index contributed by atoms with van der Waals surface area (Å²) in [6, 6.07) is 2.12. The van der Waals surface area contributed by atoms with Crippen molar-refractivity contribution >= 4 is 35.0 Å². The van der Waals surface area contributed by atoms with Crippen LogP contribution in [0.1, 0.15) is 35.4 Å². The van der Waals surface area contributed by atoms with E-state index in [1.54, 1.807) is 17.5 Å². The molecule has 0 radical (unpaired) electrons. The maximum Gasteiger partial charge on any atom is 0.326 e. The standard InChI is InChI=1S/C13H15NO6S/c15-9(10-2-1-7-21-10)4-5-11(16)14-8(13(19)20)3-6-12(17)18/h1-2,7-8H,3-6H2,(H,14,16)(H,17,18)(H,19,20). The van der Waals surface area contributed by atoms with Crippen LogP contribution in [-0.2, 0) is 14.4 Å². The number of carbonyl (C=O) groups excluding carboxylic acids is 2. The molecule has 8 heteroatoms. The third-order valence-electron chi connectivity index (χ3n) is 2.66. The van der Waals surface area contributed by atoms with E-state index in [9.17, 15) is 19.2 Å². The molecule has 0 aliphatic carbocycles. The van der Waals surface area contributed by atoms with Gasteiger partial charge in [-0.25, -0.2) is 4.79 Å². The Morgan fingerprint density at radius 1 is 1.14 bits per heavy atom. The van der Waals surface area contributed by atoms with Gasteiger partial charge in [0.15, 0.2) is 5.78 Å². The number of carbonyl (C=O) groups is 4. The first-order valence-corrected chi connectivity index (χ1v) is 7.08. The third-order valence-corrected chi connectivity index (χ3v) is 3.57. The van der Waals surface area contributed by atoms with Crippen molar-refractivity contribution in [3.8, 4) is 0 Å². The van der Waals surface area contributed by atoms with E-state index in [0.717, 1.165) is 0 Å². The van der Waals surface area contributed by atoms with Crippen molar-refractivity contribution < 1.29 is 29.4 Å². The summed E-state index contributed by atoms with van der Waals surface area (Å²) in [6.07, 6.45) is -0.703. The summed E-state index contributed by atoms with van der Waals surface area (Å²) in [5.41, 5.74) is 0. The van der Waals surface area contributed by atoms with Gasteiger partial charge in [-0.3, -0.25) is 14.4 Å². The van der Waals surface area contributed by atoms with Crippen molar-refractivity contribution in [2.75, 3.05) is 0 Å². The van der Waals surface area contributed by atoms with Crippen molar-refractivity contribution in [2.45, 2.75) is 31.7 Å². The molecule has 1 unspecified atom stereocenters. The molecule has 1 atom stereocenters. The average molecular weight is 313 g/mol. The van der Waals surface area contributed by atoms with Gasteiger partial charge in [-0.05, 0) is 17.9 Å². The molecular formula is C13H15NO6S. The van der Waals surface area contributed by atoms with Gasteiger partial charge in [0.05, 0.1) is 4.88 Å². The second kappa shape index (κ2) is 8.15. The van der Waals surface area contributed by atoms with E-state index in [-0.39, 0.29) is 31.5 Å². The van der Waals surface area contributed by atoms with Crippen molar-refractivity contribution in [1.29, 1.82) is 0 Å². The van der Waals surface area contributed by atoms with Crippen molar-refractivity contribution in [3.05, 3.63) is 22.4 Å². The minimum absolute atomic E-state index is 0.0163. The molecule has 1 heterocycles. The lowest BCUT2D eigenvalue weighted by atomic mass is 10.1. The minimum Gasteiger partial charge on any atom is -0.481 e. The SMILES string of the molecule is O=C(O)CCC(NC(=O)CCC(=O)c1cccs1)C(=O)O. The summed E-state index contributed by atoms with van der Waals surface area (Å²) < 4.78 is 0. The molecular weight excluding hydrogens is 298 g/mol. The number of rotatable bonds is 9. The molecule has 1 amide bonds. The summed E-state index contributed by atoms with van der Waals surface area (Å²) in [4.78, 5) is 45.1. The first kappa shape index (κ1) is 16.8. The molecule has 0 saturated carbocycles. The zero-order valence-corrected chi connectivity index (χ0v) is 11.9. The molecule has 1 aromatic rings. The van der Waals surface area contributed by atoms with Crippen LogP contribution in [0.5, 0.6) is 0 Å². The van der Waals surface area contributed by atoms with Crippen molar-refractivity contribution in [3.63, 3.8) is 0 Å². The van der Waals surface area contributed by atoms with Gasteiger partial charge in [0.25, 0.3) is 0 Å². The number of ketones is 1. The van der Waals surface area contributed by atoms with Crippen LogP contribution < -0.4 is 5.32 Å². The molecule has 1 aromatic heterocycles. The zero-order chi connectivity index (χ0) is 15.8. The highest BCUT2D eigenvalue weighted by Gasteiger charge is 2.21. The van der Waals surface area contributed by atoms with Crippen LogP contribution in [0.4, 0.5) is 0 Å². The monoisotopic (exact) mass is 313 g/mol. The molecule has 0 bridgehead atoms. The Bertz CT molecular complexity index is 525. The van der Waals surface area contributed by atoms with E-state index in [4.69, 9.17) is 10.2 Å². The van der Waals surface area contributed by atoms with Crippen LogP contribution in [0, 0.1) is 0 Å². The van der Waals surface area contributed by atoms with Crippen LogP contribution in [0.3, 0.4) is 0 Å². The van der Waals surface area contributed by atoms with Crippen LogP contribution >= 0.6 is 11.3 Å². The van der Waals surface area contributed by atoms with Gasteiger partial charge in [-0.15, -0.1) is 11.3 Å². The van der Waals surface area contributed by atoms with Crippen LogP contribution in [-0.4, -0.2) is 39.9 Å². The minimum atomic E-state index is -1.30. The van der Waals surface area contributed by atoms with Gasteiger partial charge in [-0.1, -0.05) is 6.07 Å². The first-order valence-electron chi connectivity index (χ1n) is 6.21. The van der Waals surface area contributed by atoms with Crippen LogP contribution in [0.15, 0.2) is 17.5 Å². The molecule has 7 nitrogen and oxygen atoms in total. The van der Waals surface area contributed by atoms with Crippen LogP contribution in [0.25, 0.3) is 0 Å². The molecule has 0 spiro atoms. The number of aliphatic carboxylic acids is 2. The third kappa shape index (κ3) is 6.17. The molecule has 0 aliphatic rings. The van der Waals surface area contributed by atoms with E-state index in [2.05, 4.69) is 5.32 Å². The maximum absolute atomic E-state index is 11.7. The number of hydrogen-bond donors (Lipinski definition) is 3. The molecule has 114 valence electrons. The predicted molar refractivity (Wildman–Crippen MR) is 74.3 cm³/mol. The Balaban J connectivity index is 2.41.